The van der Waals surface area contributed by atoms with Crippen LogP contribution >= 0.6 is 0 Å². The number of fused-ring (bicyclic) bond motifs is 1. The van der Waals surface area contributed by atoms with E-state index in [1.54, 1.807) is 18.2 Å². The van der Waals surface area contributed by atoms with Crippen LogP contribution in [0.3, 0.4) is 0 Å². The Morgan fingerprint density at radius 3 is 2.58 bits per heavy atom. The van der Waals surface area contributed by atoms with Crippen LogP contribution in [0.1, 0.15) is 19.4 Å². The van der Waals surface area contributed by atoms with E-state index in [-0.39, 0.29) is 19.1 Å². The molecule has 130 valence electrons. The van der Waals surface area contributed by atoms with Crippen molar-refractivity contribution >= 4 is 17.8 Å². The number of rotatable bonds is 6. The third-order valence-corrected chi connectivity index (χ3v) is 3.48. The molecular weight excluding hydrogens is 316 g/mol. The van der Waals surface area contributed by atoms with E-state index >= 15 is 0 Å². The van der Waals surface area contributed by atoms with E-state index < -0.39 is 24.0 Å². The lowest BCUT2D eigenvalue weighted by molar-refractivity contribution is -0.144. The van der Waals surface area contributed by atoms with Gasteiger partial charge in [0.05, 0.1) is 7.11 Å². The minimum absolute atomic E-state index is 0.158. The summed E-state index contributed by atoms with van der Waals surface area (Å²) >= 11 is 0. The van der Waals surface area contributed by atoms with Crippen LogP contribution in [0.25, 0.3) is 0 Å². The summed E-state index contributed by atoms with van der Waals surface area (Å²) in [5.74, 6) is -0.147. The van der Waals surface area contributed by atoms with Crippen molar-refractivity contribution in [2.45, 2.75) is 32.4 Å². The van der Waals surface area contributed by atoms with Crippen LogP contribution in [0, 0.1) is 0 Å². The Morgan fingerprint density at radius 1 is 1.21 bits per heavy atom. The molecule has 2 amide bonds. The number of hydrogen-bond acceptors (Lipinski definition) is 6. The van der Waals surface area contributed by atoms with Crippen molar-refractivity contribution in [2.24, 2.45) is 0 Å². The third kappa shape index (κ3) is 4.37. The second-order valence-corrected chi connectivity index (χ2v) is 5.40. The minimum Gasteiger partial charge on any atom is -0.467 e. The highest BCUT2D eigenvalue weighted by atomic mass is 16.7. The molecule has 1 aromatic rings. The van der Waals surface area contributed by atoms with Gasteiger partial charge in [0.1, 0.15) is 12.1 Å². The van der Waals surface area contributed by atoms with E-state index in [0.29, 0.717) is 11.5 Å². The number of ether oxygens (including phenoxy) is 3. The monoisotopic (exact) mass is 336 g/mol. The molecule has 8 heteroatoms. The first kappa shape index (κ1) is 17.6. The van der Waals surface area contributed by atoms with Crippen molar-refractivity contribution in [1.29, 1.82) is 0 Å². The molecule has 0 saturated carbocycles. The molecule has 24 heavy (non-hydrogen) atoms. The van der Waals surface area contributed by atoms with Crippen molar-refractivity contribution in [3.05, 3.63) is 23.8 Å². The van der Waals surface area contributed by atoms with Crippen molar-refractivity contribution < 1.29 is 28.6 Å². The Hall–Kier alpha value is -2.77. The molecule has 0 aliphatic carbocycles. The predicted molar refractivity (Wildman–Crippen MR) is 83.5 cm³/mol. The summed E-state index contributed by atoms with van der Waals surface area (Å²) in [6, 6.07) is 3.66. The summed E-state index contributed by atoms with van der Waals surface area (Å²) in [6.45, 7) is 2.99. The molecule has 1 aliphatic heterocycles. The van der Waals surface area contributed by atoms with Crippen molar-refractivity contribution in [1.82, 2.24) is 10.6 Å². The van der Waals surface area contributed by atoms with Crippen molar-refractivity contribution in [3.63, 3.8) is 0 Å². The molecule has 1 aromatic carbocycles. The maximum Gasteiger partial charge on any atom is 0.328 e. The predicted octanol–water partition coefficient (Wildman–Crippen LogP) is 0.140. The van der Waals surface area contributed by atoms with Crippen molar-refractivity contribution in [3.8, 4) is 11.5 Å². The Morgan fingerprint density at radius 2 is 1.92 bits per heavy atom. The molecule has 1 aliphatic rings. The first-order valence-electron chi connectivity index (χ1n) is 7.44. The molecule has 0 saturated heterocycles. The standard InChI is InChI=1S/C16H20N2O6/c1-9(16(21)22-3)17-15(20)12(18-10(2)19)6-11-4-5-13-14(7-11)24-8-23-13/h4-5,7,9,12H,6,8H2,1-3H3,(H,17,20)(H,18,19)/t9-,12?/m0/s1. The molecule has 1 unspecified atom stereocenters. The zero-order chi connectivity index (χ0) is 17.7. The van der Waals surface area contributed by atoms with Crippen LogP contribution in [0.5, 0.6) is 11.5 Å². The molecule has 2 N–H and O–H groups in total. The fraction of sp³-hybridized carbons (Fsp3) is 0.438. The van der Waals surface area contributed by atoms with Gasteiger partial charge in [0, 0.05) is 13.3 Å². The molecule has 2 atom stereocenters. The molecule has 0 radical (unpaired) electrons. The van der Waals surface area contributed by atoms with E-state index in [9.17, 15) is 14.4 Å². The number of amides is 2. The lowest BCUT2D eigenvalue weighted by Gasteiger charge is -2.20. The maximum atomic E-state index is 12.4. The summed E-state index contributed by atoms with van der Waals surface area (Å²) < 4.78 is 15.1. The van der Waals surface area contributed by atoms with Crippen LogP contribution in [0.2, 0.25) is 0 Å². The third-order valence-electron chi connectivity index (χ3n) is 3.48. The fourth-order valence-corrected chi connectivity index (χ4v) is 2.31. The number of esters is 1. The summed E-state index contributed by atoms with van der Waals surface area (Å²) in [5.41, 5.74) is 0.791. The molecule has 1 heterocycles. The Balaban J connectivity index is 2.08. The van der Waals surface area contributed by atoms with Gasteiger partial charge in [0.25, 0.3) is 0 Å². The lowest BCUT2D eigenvalue weighted by atomic mass is 10.0. The second-order valence-electron chi connectivity index (χ2n) is 5.40. The molecular formula is C16H20N2O6. The van der Waals surface area contributed by atoms with Crippen LogP contribution < -0.4 is 20.1 Å². The lowest BCUT2D eigenvalue weighted by Crippen LogP contribution is -2.51. The molecule has 8 nitrogen and oxygen atoms in total. The van der Waals surface area contributed by atoms with E-state index in [2.05, 4.69) is 15.4 Å². The average Bonchev–Trinajstić information content (AvgIpc) is 3.00. The number of carbonyl (C=O) groups excluding carboxylic acids is 3. The van der Waals surface area contributed by atoms with Gasteiger partial charge >= 0.3 is 5.97 Å². The van der Waals surface area contributed by atoms with Gasteiger partial charge in [-0.1, -0.05) is 6.07 Å². The Labute approximate surface area is 139 Å². The van der Waals surface area contributed by atoms with E-state index in [4.69, 9.17) is 9.47 Å². The van der Waals surface area contributed by atoms with Gasteiger partial charge in [0.2, 0.25) is 18.6 Å². The first-order chi connectivity index (χ1) is 11.4. The number of methoxy groups -OCH3 is 1. The largest absolute Gasteiger partial charge is 0.467 e. The van der Waals surface area contributed by atoms with Crippen molar-refractivity contribution in [2.75, 3.05) is 13.9 Å². The van der Waals surface area contributed by atoms with Gasteiger partial charge in [0.15, 0.2) is 11.5 Å². The molecule has 2 rings (SSSR count). The molecule has 0 fully saturated rings. The highest BCUT2D eigenvalue weighted by Crippen LogP contribution is 2.32. The van der Waals surface area contributed by atoms with E-state index in [1.807, 2.05) is 0 Å². The summed E-state index contributed by atoms with van der Waals surface area (Å²) in [4.78, 5) is 35.2. The number of hydrogen-bond donors (Lipinski definition) is 2. The smallest absolute Gasteiger partial charge is 0.328 e. The maximum absolute atomic E-state index is 12.4. The fourth-order valence-electron chi connectivity index (χ4n) is 2.31. The van der Waals surface area contributed by atoms with Crippen LogP contribution in [0.4, 0.5) is 0 Å². The number of benzene rings is 1. The summed E-state index contributed by atoms with van der Waals surface area (Å²) in [6.07, 6.45) is 0.246. The average molecular weight is 336 g/mol. The Kier molecular flexibility index (Phi) is 5.62. The topological polar surface area (TPSA) is 103 Å². The van der Waals surface area contributed by atoms with E-state index in [0.717, 1.165) is 5.56 Å². The van der Waals surface area contributed by atoms with E-state index in [1.165, 1.54) is 21.0 Å². The van der Waals surface area contributed by atoms with Gasteiger partial charge < -0.3 is 24.8 Å². The Bertz CT molecular complexity index is 645. The molecule has 0 aromatic heterocycles. The van der Waals surface area contributed by atoms with Crippen LogP contribution in [-0.4, -0.2) is 43.8 Å². The second kappa shape index (κ2) is 7.67. The minimum atomic E-state index is -0.824. The molecule has 0 bridgehead atoms. The van der Waals surface area contributed by atoms with Gasteiger partial charge in [-0.3, -0.25) is 9.59 Å². The quantitative estimate of drug-likeness (QED) is 0.717. The van der Waals surface area contributed by atoms with Crippen LogP contribution in [-0.2, 0) is 25.5 Å². The summed E-state index contributed by atoms with van der Waals surface area (Å²) in [7, 11) is 1.24. The zero-order valence-corrected chi connectivity index (χ0v) is 13.8. The highest BCUT2D eigenvalue weighted by molar-refractivity contribution is 5.90. The highest BCUT2D eigenvalue weighted by Gasteiger charge is 2.25. The number of nitrogens with one attached hydrogen (secondary N) is 2. The number of carbonyl (C=O) groups is 3. The van der Waals surface area contributed by atoms with Gasteiger partial charge in [-0.15, -0.1) is 0 Å². The molecule has 0 spiro atoms. The first-order valence-corrected chi connectivity index (χ1v) is 7.44. The van der Waals surface area contributed by atoms with Gasteiger partial charge in [-0.2, -0.15) is 0 Å². The van der Waals surface area contributed by atoms with Crippen LogP contribution in [0.15, 0.2) is 18.2 Å². The van der Waals surface area contributed by atoms with Gasteiger partial charge in [-0.25, -0.2) is 4.79 Å². The SMILES string of the molecule is COC(=O)[C@H](C)NC(=O)C(Cc1ccc2c(c1)OCO2)NC(C)=O. The zero-order valence-electron chi connectivity index (χ0n) is 13.8. The normalized spacial score (nSPS) is 14.5. The summed E-state index contributed by atoms with van der Waals surface area (Å²) in [5, 5.41) is 5.11. The van der Waals surface area contributed by atoms with Gasteiger partial charge in [-0.05, 0) is 24.6 Å².